The molecule has 0 atom stereocenters. The molecule has 3 heteroatoms. The van der Waals surface area contributed by atoms with E-state index in [0.717, 1.165) is 57.1 Å². The van der Waals surface area contributed by atoms with E-state index in [1.54, 1.807) is 0 Å². The van der Waals surface area contributed by atoms with Crippen LogP contribution in [0.5, 0.6) is 5.75 Å². The summed E-state index contributed by atoms with van der Waals surface area (Å²) in [4.78, 5) is 0. The monoisotopic (exact) mass is 630 g/mol. The van der Waals surface area contributed by atoms with Crippen LogP contribution in [0.3, 0.4) is 0 Å². The van der Waals surface area contributed by atoms with Gasteiger partial charge < -0.3 is 9.30 Å². The van der Waals surface area contributed by atoms with Crippen molar-refractivity contribution in [3.8, 4) is 16.9 Å². The van der Waals surface area contributed by atoms with Crippen LogP contribution in [0, 0.1) is 0 Å². The molecule has 8 rings (SSSR count). The molecule has 0 saturated heterocycles. The normalized spacial score (nSPS) is 19.5. The molecule has 4 aliphatic rings. The van der Waals surface area contributed by atoms with Crippen molar-refractivity contribution in [1.82, 2.24) is 0 Å². The quantitative estimate of drug-likeness (QED) is 0.190. The first-order valence-corrected chi connectivity index (χ1v) is 20.6. The minimum atomic E-state index is -2.69. The van der Waals surface area contributed by atoms with Gasteiger partial charge in [-0.25, -0.2) is 0 Å². The highest BCUT2D eigenvalue weighted by atomic mass is 31.2. The Hall–Kier alpha value is -2.83. The van der Waals surface area contributed by atoms with Crippen molar-refractivity contribution in [3.05, 3.63) is 94.5 Å². The molecule has 0 amide bonds. The van der Waals surface area contributed by atoms with Gasteiger partial charge in [0.1, 0.15) is 19.5 Å². The highest BCUT2D eigenvalue weighted by Gasteiger charge is 2.45. The number of aryl methyl sites for hydroxylation is 2. The average Bonchev–Trinajstić information content (AvgIpc) is 3.13. The Morgan fingerprint density at radius 2 is 1.15 bits per heavy atom. The van der Waals surface area contributed by atoms with E-state index in [0.29, 0.717) is 17.9 Å². The second-order valence-electron chi connectivity index (χ2n) is 14.8. The van der Waals surface area contributed by atoms with Crippen LogP contribution in [-0.2, 0) is 36.9 Å². The third kappa shape index (κ3) is 5.57. The number of hydrogen-bond donors (Lipinski definition) is 0. The largest absolute Gasteiger partial charge is 0.488 e. The zero-order chi connectivity index (χ0) is 30.9. The third-order valence-corrected chi connectivity index (χ3v) is 16.5. The zero-order valence-corrected chi connectivity index (χ0v) is 28.6. The molecule has 2 nitrogen and oxygen atoms in total. The Morgan fingerprint density at radius 1 is 0.565 bits per heavy atom. The van der Waals surface area contributed by atoms with E-state index in [2.05, 4.69) is 66.7 Å². The first-order valence-electron chi connectivity index (χ1n) is 18.7. The first kappa shape index (κ1) is 30.5. The lowest BCUT2D eigenvalue weighted by atomic mass is 9.80. The maximum Gasteiger partial charge on any atom is 0.127 e. The molecular formula is C43H51O2P. The second kappa shape index (κ2) is 13.4. The molecule has 0 heterocycles. The van der Waals surface area contributed by atoms with E-state index in [1.807, 2.05) is 0 Å². The summed E-state index contributed by atoms with van der Waals surface area (Å²) < 4.78 is 23.4. The van der Waals surface area contributed by atoms with E-state index >= 15 is 4.57 Å². The summed E-state index contributed by atoms with van der Waals surface area (Å²) in [6.45, 7) is 0.542. The lowest BCUT2D eigenvalue weighted by molar-refractivity contribution is 0.308. The zero-order valence-electron chi connectivity index (χ0n) is 27.7. The molecule has 0 spiro atoms. The number of rotatable bonds is 7. The van der Waals surface area contributed by atoms with Gasteiger partial charge in [0.2, 0.25) is 0 Å². The molecule has 0 aromatic heterocycles. The Morgan fingerprint density at radius 3 is 1.85 bits per heavy atom. The van der Waals surface area contributed by atoms with Gasteiger partial charge in [-0.1, -0.05) is 99.2 Å². The van der Waals surface area contributed by atoms with Crippen LogP contribution in [-0.4, -0.2) is 11.3 Å². The highest BCUT2D eigenvalue weighted by molar-refractivity contribution is 7.73. The van der Waals surface area contributed by atoms with Crippen LogP contribution >= 0.6 is 7.14 Å². The Labute approximate surface area is 276 Å². The van der Waals surface area contributed by atoms with Gasteiger partial charge in [0.25, 0.3) is 0 Å². The van der Waals surface area contributed by atoms with Gasteiger partial charge >= 0.3 is 0 Å². The van der Waals surface area contributed by atoms with Crippen molar-refractivity contribution in [3.63, 3.8) is 0 Å². The van der Waals surface area contributed by atoms with E-state index in [4.69, 9.17) is 4.74 Å². The van der Waals surface area contributed by atoms with Gasteiger partial charge in [0.15, 0.2) is 0 Å². The van der Waals surface area contributed by atoms with E-state index in [-0.39, 0.29) is 0 Å². The van der Waals surface area contributed by atoms with Gasteiger partial charge in [-0.2, -0.15) is 0 Å². The van der Waals surface area contributed by atoms with Gasteiger partial charge in [-0.05, 0) is 127 Å². The minimum Gasteiger partial charge on any atom is -0.488 e. The number of fused-ring (bicyclic) bond motifs is 3. The molecule has 240 valence electrons. The molecule has 0 unspecified atom stereocenters. The summed E-state index contributed by atoms with van der Waals surface area (Å²) >= 11 is 0. The minimum absolute atomic E-state index is 0.337. The molecule has 0 bridgehead atoms. The fourth-order valence-corrected chi connectivity index (χ4v) is 14.3. The summed E-state index contributed by atoms with van der Waals surface area (Å²) in [5, 5.41) is 3.77. The number of hydrogen-bond acceptors (Lipinski definition) is 2. The molecule has 0 radical (unpaired) electrons. The van der Waals surface area contributed by atoms with Gasteiger partial charge in [0.05, 0.1) is 0 Å². The molecule has 4 aliphatic carbocycles. The fraction of sp³-hybridized carbons (Fsp3) is 0.488. The molecule has 2 fully saturated rings. The lowest BCUT2D eigenvalue weighted by Crippen LogP contribution is -2.31. The highest BCUT2D eigenvalue weighted by Crippen LogP contribution is 2.64. The molecule has 0 aliphatic heterocycles. The summed E-state index contributed by atoms with van der Waals surface area (Å²) in [6, 6.07) is 24.7. The van der Waals surface area contributed by atoms with Gasteiger partial charge in [0, 0.05) is 22.2 Å². The fourth-order valence-electron chi connectivity index (χ4n) is 9.78. The predicted octanol–water partition coefficient (Wildman–Crippen LogP) is 11.5. The predicted molar refractivity (Wildman–Crippen MR) is 194 cm³/mol. The molecule has 0 N–H and O–H groups in total. The summed E-state index contributed by atoms with van der Waals surface area (Å²) in [5.41, 5.74) is 10.6. The summed E-state index contributed by atoms with van der Waals surface area (Å²) in [7, 11) is -2.69. The van der Waals surface area contributed by atoms with Gasteiger partial charge in [-0.15, -0.1) is 0 Å². The SMILES string of the molecule is O=P(c1ccc2c(c1-c1c(OCc3cccc4ccccc34)ccc3c1CCCC3)CCCC2)(C1CCCCC1)C1CCCCC1. The standard InChI is InChI=1S/C43H51O2P/c44-46(35-19-3-1-4-20-35,36-21-5-2-6-22-36)41-29-27-33-16-9-12-25-39(33)43(41)42-38-24-11-8-15-32(38)26-28-40(42)45-30-34-18-13-17-31-14-7-10-23-37(31)34/h7,10,13-14,17-18,23,26-29,35-36H,1-6,8-9,11-12,15-16,19-22,24-25,30H2. The van der Waals surface area contributed by atoms with Crippen molar-refractivity contribution in [1.29, 1.82) is 0 Å². The second-order valence-corrected chi connectivity index (χ2v) is 18.2. The summed E-state index contributed by atoms with van der Waals surface area (Å²) in [6.07, 6.45) is 21.5. The maximum atomic E-state index is 16.4. The van der Waals surface area contributed by atoms with Crippen molar-refractivity contribution in [2.75, 3.05) is 0 Å². The van der Waals surface area contributed by atoms with Crippen molar-refractivity contribution < 1.29 is 9.30 Å². The molecule has 4 aromatic rings. The lowest BCUT2D eigenvalue weighted by Gasteiger charge is -2.40. The topological polar surface area (TPSA) is 26.3 Å². The van der Waals surface area contributed by atoms with Crippen LogP contribution in [0.25, 0.3) is 21.9 Å². The van der Waals surface area contributed by atoms with Gasteiger partial charge in [-0.3, -0.25) is 0 Å². The van der Waals surface area contributed by atoms with Crippen molar-refractivity contribution in [2.45, 2.75) is 133 Å². The Kier molecular flexibility index (Phi) is 8.85. The Bertz CT molecular complexity index is 1730. The molecule has 2 saturated carbocycles. The van der Waals surface area contributed by atoms with Crippen LogP contribution < -0.4 is 10.0 Å². The third-order valence-electron chi connectivity index (χ3n) is 12.1. The van der Waals surface area contributed by atoms with Crippen LogP contribution in [0.1, 0.15) is 118 Å². The van der Waals surface area contributed by atoms with E-state index in [9.17, 15) is 0 Å². The summed E-state index contributed by atoms with van der Waals surface area (Å²) in [5.74, 6) is 1.01. The van der Waals surface area contributed by atoms with Crippen molar-refractivity contribution in [2.24, 2.45) is 0 Å². The van der Waals surface area contributed by atoms with Crippen LogP contribution in [0.4, 0.5) is 0 Å². The molecule has 46 heavy (non-hydrogen) atoms. The smallest absolute Gasteiger partial charge is 0.127 e. The van der Waals surface area contributed by atoms with E-state index < -0.39 is 7.14 Å². The Balaban J connectivity index is 1.33. The first-order chi connectivity index (χ1) is 22.7. The molecule has 4 aromatic carbocycles. The molecular weight excluding hydrogens is 579 g/mol. The number of ether oxygens (including phenoxy) is 1. The van der Waals surface area contributed by atoms with Crippen LogP contribution in [0.15, 0.2) is 66.7 Å². The van der Waals surface area contributed by atoms with Crippen molar-refractivity contribution >= 4 is 23.2 Å². The maximum absolute atomic E-state index is 16.4. The average molecular weight is 631 g/mol. The van der Waals surface area contributed by atoms with E-state index in [1.165, 1.54) is 119 Å². The number of benzene rings is 4. The van der Waals surface area contributed by atoms with Crippen LogP contribution in [0.2, 0.25) is 0 Å².